The number of aromatic nitrogens is 1. The molecule has 1 aromatic carbocycles. The smallest absolute Gasteiger partial charge is 0.287 e. The van der Waals surface area contributed by atoms with Crippen LogP contribution in [0.5, 0.6) is 0 Å². The molecule has 8 heteroatoms. The van der Waals surface area contributed by atoms with E-state index in [1.165, 1.54) is 29.0 Å². The van der Waals surface area contributed by atoms with E-state index in [1.807, 2.05) is 0 Å². The third kappa shape index (κ3) is 3.27. The van der Waals surface area contributed by atoms with Gasteiger partial charge >= 0.3 is 0 Å². The highest BCUT2D eigenvalue weighted by Gasteiger charge is 2.19. The van der Waals surface area contributed by atoms with E-state index in [2.05, 4.69) is 21.2 Å². The summed E-state index contributed by atoms with van der Waals surface area (Å²) in [5.41, 5.74) is 0.229. The lowest BCUT2D eigenvalue weighted by Crippen LogP contribution is -2.16. The Kier molecular flexibility index (Phi) is 4.37. The summed E-state index contributed by atoms with van der Waals surface area (Å²) in [5, 5.41) is 13.3. The van der Waals surface area contributed by atoms with Gasteiger partial charge in [0.25, 0.3) is 11.6 Å². The number of nitrogens with zero attached hydrogens (tertiary/aromatic N) is 2. The number of carbonyl (C=O) groups is 1. The third-order valence-electron chi connectivity index (χ3n) is 2.84. The summed E-state index contributed by atoms with van der Waals surface area (Å²) in [6, 6.07) is 5.06. The lowest BCUT2D eigenvalue weighted by molar-refractivity contribution is -0.384. The average Bonchev–Trinajstić information content (AvgIpc) is 2.87. The van der Waals surface area contributed by atoms with Gasteiger partial charge in [-0.3, -0.25) is 14.9 Å². The molecule has 0 radical (unpaired) electrons. The van der Waals surface area contributed by atoms with Gasteiger partial charge in [0.1, 0.15) is 11.5 Å². The van der Waals surface area contributed by atoms with Crippen LogP contribution in [0.3, 0.4) is 0 Å². The van der Waals surface area contributed by atoms with Crippen LogP contribution in [0.4, 0.5) is 15.8 Å². The number of aryl methyl sites for hydroxylation is 1. The Morgan fingerprint density at radius 2 is 2.19 bits per heavy atom. The van der Waals surface area contributed by atoms with Crippen molar-refractivity contribution in [2.75, 3.05) is 5.32 Å². The topological polar surface area (TPSA) is 77.2 Å². The molecule has 1 N–H and O–H groups in total. The highest BCUT2D eigenvalue weighted by atomic mass is 79.9. The molecule has 0 fully saturated rings. The Hall–Kier alpha value is -2.22. The number of hydrogen-bond donors (Lipinski definition) is 1. The van der Waals surface area contributed by atoms with Crippen LogP contribution >= 0.6 is 15.9 Å². The number of amides is 1. The average molecular weight is 356 g/mol. The van der Waals surface area contributed by atoms with E-state index in [0.29, 0.717) is 11.0 Å². The van der Waals surface area contributed by atoms with Crippen LogP contribution in [0.25, 0.3) is 0 Å². The van der Waals surface area contributed by atoms with Gasteiger partial charge < -0.3 is 9.88 Å². The zero-order chi connectivity index (χ0) is 15.6. The largest absolute Gasteiger partial charge is 0.337 e. The van der Waals surface area contributed by atoms with Gasteiger partial charge in [-0.25, -0.2) is 4.39 Å². The molecule has 6 nitrogen and oxygen atoms in total. The monoisotopic (exact) mass is 355 g/mol. The molecule has 0 aliphatic carbocycles. The molecular weight excluding hydrogens is 345 g/mol. The van der Waals surface area contributed by atoms with Crippen molar-refractivity contribution >= 4 is 33.2 Å². The minimum atomic E-state index is -0.568. The number of nitro groups is 1. The summed E-state index contributed by atoms with van der Waals surface area (Å²) in [4.78, 5) is 22.4. The number of rotatable bonds is 4. The molecule has 0 saturated carbocycles. The molecule has 1 amide bonds. The highest BCUT2D eigenvalue weighted by molar-refractivity contribution is 9.10. The van der Waals surface area contributed by atoms with Crippen molar-refractivity contribution in [1.29, 1.82) is 0 Å². The molecule has 1 aromatic heterocycles. The van der Waals surface area contributed by atoms with Crippen molar-refractivity contribution in [2.24, 2.45) is 0 Å². The maximum Gasteiger partial charge on any atom is 0.287 e. The van der Waals surface area contributed by atoms with Gasteiger partial charge in [-0.2, -0.15) is 0 Å². The van der Waals surface area contributed by atoms with Gasteiger partial charge in [0.15, 0.2) is 0 Å². The molecule has 0 spiro atoms. The Labute approximate surface area is 127 Å². The van der Waals surface area contributed by atoms with E-state index in [4.69, 9.17) is 0 Å². The second-order valence-electron chi connectivity index (χ2n) is 4.20. The van der Waals surface area contributed by atoms with Crippen LogP contribution in [-0.4, -0.2) is 15.4 Å². The number of carbonyl (C=O) groups excluding carboxylic acids is 1. The first-order chi connectivity index (χ1) is 9.92. The van der Waals surface area contributed by atoms with E-state index in [1.54, 1.807) is 6.92 Å². The summed E-state index contributed by atoms with van der Waals surface area (Å²) in [6.07, 6.45) is 1.29. The number of anilines is 1. The molecule has 2 rings (SSSR count). The van der Waals surface area contributed by atoms with E-state index >= 15 is 0 Å². The van der Waals surface area contributed by atoms with Crippen LogP contribution in [0.2, 0.25) is 0 Å². The van der Waals surface area contributed by atoms with Crippen molar-refractivity contribution in [3.63, 3.8) is 0 Å². The molecule has 110 valence electrons. The highest BCUT2D eigenvalue weighted by Crippen LogP contribution is 2.24. The Morgan fingerprint density at radius 1 is 1.48 bits per heavy atom. The van der Waals surface area contributed by atoms with Gasteiger partial charge in [-0.05, 0) is 41.1 Å². The van der Waals surface area contributed by atoms with Gasteiger partial charge in [-0.15, -0.1) is 0 Å². The first-order valence-corrected chi connectivity index (χ1v) is 6.82. The molecule has 0 atom stereocenters. The second kappa shape index (κ2) is 6.04. The summed E-state index contributed by atoms with van der Waals surface area (Å²) in [6.45, 7) is 2.17. The standard InChI is InChI=1S/C13H11BrFN3O3/c1-2-17-7-9(18(20)21)6-12(17)13(19)16-11-5-8(15)3-4-10(11)14/h3-7H,2H2,1H3,(H,16,19). The number of benzene rings is 1. The molecule has 21 heavy (non-hydrogen) atoms. The lowest BCUT2D eigenvalue weighted by atomic mass is 10.3. The normalized spacial score (nSPS) is 10.4. The van der Waals surface area contributed by atoms with E-state index in [-0.39, 0.29) is 17.1 Å². The molecule has 1 heterocycles. The van der Waals surface area contributed by atoms with Gasteiger partial charge in [0.2, 0.25) is 0 Å². The van der Waals surface area contributed by atoms with Gasteiger partial charge in [0, 0.05) is 17.1 Å². The fourth-order valence-electron chi connectivity index (χ4n) is 1.83. The van der Waals surface area contributed by atoms with Crippen molar-refractivity contribution in [1.82, 2.24) is 4.57 Å². The van der Waals surface area contributed by atoms with Crippen LogP contribution in [0.15, 0.2) is 34.9 Å². The minimum Gasteiger partial charge on any atom is -0.337 e. The van der Waals surface area contributed by atoms with E-state index < -0.39 is 16.6 Å². The summed E-state index contributed by atoms with van der Waals surface area (Å²) >= 11 is 3.20. The van der Waals surface area contributed by atoms with Crippen LogP contribution in [0.1, 0.15) is 17.4 Å². The first-order valence-electron chi connectivity index (χ1n) is 6.03. The first kappa shape index (κ1) is 15.2. The lowest BCUT2D eigenvalue weighted by Gasteiger charge is -2.09. The van der Waals surface area contributed by atoms with Crippen LogP contribution in [0, 0.1) is 15.9 Å². The maximum absolute atomic E-state index is 13.2. The van der Waals surface area contributed by atoms with E-state index in [9.17, 15) is 19.3 Å². The minimum absolute atomic E-state index is 0.139. The second-order valence-corrected chi connectivity index (χ2v) is 5.06. The SMILES string of the molecule is CCn1cc([N+](=O)[O-])cc1C(=O)Nc1cc(F)ccc1Br. The molecular formula is C13H11BrFN3O3. The number of halogens is 2. The zero-order valence-electron chi connectivity index (χ0n) is 11.0. The molecule has 0 bridgehead atoms. The summed E-state index contributed by atoms with van der Waals surface area (Å²) in [7, 11) is 0. The molecule has 2 aromatic rings. The number of nitrogens with one attached hydrogen (secondary N) is 1. The fraction of sp³-hybridized carbons (Fsp3) is 0.154. The maximum atomic E-state index is 13.2. The molecule has 0 aliphatic heterocycles. The Morgan fingerprint density at radius 3 is 2.81 bits per heavy atom. The van der Waals surface area contributed by atoms with E-state index in [0.717, 1.165) is 6.07 Å². The van der Waals surface area contributed by atoms with Crippen molar-refractivity contribution in [3.05, 3.63) is 56.6 Å². The summed E-state index contributed by atoms with van der Waals surface area (Å²) < 4.78 is 15.2. The predicted molar refractivity (Wildman–Crippen MR) is 78.8 cm³/mol. The molecule has 0 saturated heterocycles. The van der Waals surface area contributed by atoms with Gasteiger partial charge in [0.05, 0.1) is 16.8 Å². The molecule has 0 unspecified atom stereocenters. The van der Waals surface area contributed by atoms with Crippen LogP contribution in [-0.2, 0) is 6.54 Å². The van der Waals surface area contributed by atoms with Crippen LogP contribution < -0.4 is 5.32 Å². The fourth-order valence-corrected chi connectivity index (χ4v) is 2.17. The number of hydrogen-bond acceptors (Lipinski definition) is 3. The molecule has 0 aliphatic rings. The van der Waals surface area contributed by atoms with Crippen molar-refractivity contribution < 1.29 is 14.1 Å². The predicted octanol–water partition coefficient (Wildman–Crippen LogP) is 3.57. The van der Waals surface area contributed by atoms with Gasteiger partial charge in [-0.1, -0.05) is 0 Å². The summed E-state index contributed by atoms with van der Waals surface area (Å²) in [5.74, 6) is -1.04. The third-order valence-corrected chi connectivity index (χ3v) is 3.53. The Bertz CT molecular complexity index is 715. The van der Waals surface area contributed by atoms with Crippen molar-refractivity contribution in [2.45, 2.75) is 13.5 Å². The Balaban J connectivity index is 2.32. The van der Waals surface area contributed by atoms with Crippen molar-refractivity contribution in [3.8, 4) is 0 Å². The quantitative estimate of drug-likeness (QED) is 0.672. The zero-order valence-corrected chi connectivity index (χ0v) is 12.6.